The standard InChI is InChI=1S/C12H20BrO5P/c1-11(2,7-12(3,4)13)8(5-18-19(15)16)10(14)9-6-17-9/h8-9H,5-7H2,1-4H3/p+1. The maximum atomic E-state index is 12.3. The second-order valence-corrected chi connectivity index (χ2v) is 9.08. The van der Waals surface area contributed by atoms with Gasteiger partial charge in [-0.25, -0.2) is 0 Å². The van der Waals surface area contributed by atoms with Gasteiger partial charge in [0.15, 0.2) is 5.78 Å². The summed E-state index contributed by atoms with van der Waals surface area (Å²) in [5.74, 6) is -0.499. The monoisotopic (exact) mass is 355 g/mol. The van der Waals surface area contributed by atoms with Crippen LogP contribution in [0.25, 0.3) is 0 Å². The third kappa shape index (κ3) is 5.96. The summed E-state index contributed by atoms with van der Waals surface area (Å²) in [4.78, 5) is 21.0. The predicted molar refractivity (Wildman–Crippen MR) is 75.4 cm³/mol. The van der Waals surface area contributed by atoms with Crippen molar-refractivity contribution in [1.29, 1.82) is 0 Å². The molecule has 7 heteroatoms. The fourth-order valence-corrected chi connectivity index (χ4v) is 3.47. The Morgan fingerprint density at radius 2 is 2.05 bits per heavy atom. The molecular formula is C12H21BrO5P+. The van der Waals surface area contributed by atoms with E-state index in [0.29, 0.717) is 6.61 Å². The first kappa shape index (κ1) is 17.2. The Hall–Kier alpha value is 0.130. The smallest absolute Gasteiger partial charge is 0.365 e. The number of epoxide rings is 1. The molecule has 19 heavy (non-hydrogen) atoms. The van der Waals surface area contributed by atoms with Gasteiger partial charge in [-0.05, 0) is 11.8 Å². The molecule has 0 bridgehead atoms. The zero-order chi connectivity index (χ0) is 14.8. The lowest BCUT2D eigenvalue weighted by molar-refractivity contribution is -0.129. The number of Topliss-reactive ketones (excluding diaryl/α,β-unsaturated/α-hetero) is 1. The Morgan fingerprint density at radius 3 is 2.42 bits per heavy atom. The average molecular weight is 356 g/mol. The predicted octanol–water partition coefficient (Wildman–Crippen LogP) is 2.83. The summed E-state index contributed by atoms with van der Waals surface area (Å²) in [6.45, 7) is 8.37. The molecule has 1 rings (SSSR count). The fraction of sp³-hybridized carbons (Fsp3) is 0.917. The van der Waals surface area contributed by atoms with Gasteiger partial charge in [0.05, 0.1) is 12.5 Å². The Morgan fingerprint density at radius 1 is 1.53 bits per heavy atom. The van der Waals surface area contributed by atoms with Crippen LogP contribution in [0.2, 0.25) is 0 Å². The number of carbonyl (C=O) groups is 1. The molecule has 1 fully saturated rings. The van der Waals surface area contributed by atoms with Crippen LogP contribution in [0, 0.1) is 11.3 Å². The highest BCUT2D eigenvalue weighted by atomic mass is 79.9. The molecule has 0 aromatic rings. The molecule has 3 atom stereocenters. The molecule has 1 aliphatic heterocycles. The highest BCUT2D eigenvalue weighted by molar-refractivity contribution is 9.10. The van der Waals surface area contributed by atoms with Gasteiger partial charge in [-0.2, -0.15) is 0 Å². The second-order valence-electron chi connectivity index (χ2n) is 6.19. The van der Waals surface area contributed by atoms with Crippen LogP contribution in [0.1, 0.15) is 34.1 Å². The molecule has 3 unspecified atom stereocenters. The van der Waals surface area contributed by atoms with Crippen LogP contribution in [-0.4, -0.2) is 34.3 Å². The van der Waals surface area contributed by atoms with E-state index < -0.39 is 14.2 Å². The highest BCUT2D eigenvalue weighted by Gasteiger charge is 2.46. The first-order valence-electron chi connectivity index (χ1n) is 6.16. The zero-order valence-corrected chi connectivity index (χ0v) is 14.2. The van der Waals surface area contributed by atoms with Crippen LogP contribution < -0.4 is 0 Å². The Kier molecular flexibility index (Phi) is 5.67. The van der Waals surface area contributed by atoms with Gasteiger partial charge in [-0.1, -0.05) is 43.6 Å². The molecule has 0 aliphatic carbocycles. The van der Waals surface area contributed by atoms with E-state index in [1.807, 2.05) is 27.7 Å². The topological polar surface area (TPSA) is 76.1 Å². The molecule has 1 saturated heterocycles. The first-order chi connectivity index (χ1) is 8.53. The molecule has 0 aromatic heterocycles. The minimum atomic E-state index is -2.69. The highest BCUT2D eigenvalue weighted by Crippen LogP contribution is 2.41. The third-order valence-electron chi connectivity index (χ3n) is 3.17. The lowest BCUT2D eigenvalue weighted by atomic mass is 9.71. The molecule has 0 radical (unpaired) electrons. The molecular weight excluding hydrogens is 335 g/mol. The maximum absolute atomic E-state index is 12.3. The maximum Gasteiger partial charge on any atom is 0.694 e. The van der Waals surface area contributed by atoms with Gasteiger partial charge in [0.2, 0.25) is 0 Å². The van der Waals surface area contributed by atoms with Gasteiger partial charge in [0.1, 0.15) is 12.7 Å². The lowest BCUT2D eigenvalue weighted by Crippen LogP contribution is -2.39. The summed E-state index contributed by atoms with van der Waals surface area (Å²) in [6.07, 6.45) is 0.359. The minimum absolute atomic E-state index is 0.0430. The van der Waals surface area contributed by atoms with Crippen LogP contribution >= 0.6 is 24.2 Å². The minimum Gasteiger partial charge on any atom is -0.365 e. The van der Waals surface area contributed by atoms with E-state index in [9.17, 15) is 9.36 Å². The van der Waals surface area contributed by atoms with Gasteiger partial charge in [0, 0.05) is 8.89 Å². The summed E-state index contributed by atoms with van der Waals surface area (Å²) in [5, 5.41) is 0. The number of ketones is 1. The van der Waals surface area contributed by atoms with Gasteiger partial charge < -0.3 is 4.74 Å². The molecule has 5 nitrogen and oxygen atoms in total. The number of carbonyl (C=O) groups excluding carboxylic acids is 1. The molecule has 1 N–H and O–H groups in total. The number of hydrogen-bond acceptors (Lipinski definition) is 4. The summed E-state index contributed by atoms with van der Waals surface area (Å²) < 4.78 is 20.4. The number of alkyl halides is 1. The summed E-state index contributed by atoms with van der Waals surface area (Å²) in [6, 6.07) is 0. The molecule has 0 saturated carbocycles. The SMILES string of the molecule is CC(C)(Br)CC(C)(C)C(CO[P+](=O)O)C(=O)C1CO1. The summed E-state index contributed by atoms with van der Waals surface area (Å²) in [7, 11) is -2.69. The number of rotatable bonds is 8. The molecule has 0 amide bonds. The molecule has 110 valence electrons. The third-order valence-corrected chi connectivity index (χ3v) is 3.82. The molecule has 1 aliphatic rings. The van der Waals surface area contributed by atoms with Crippen LogP contribution in [0.15, 0.2) is 0 Å². The van der Waals surface area contributed by atoms with Gasteiger partial charge in [-0.3, -0.25) is 4.79 Å². The van der Waals surface area contributed by atoms with E-state index >= 15 is 0 Å². The van der Waals surface area contributed by atoms with Crippen LogP contribution in [-0.2, 0) is 18.6 Å². The normalized spacial score (nSPS) is 22.0. The van der Waals surface area contributed by atoms with Gasteiger partial charge in [-0.15, -0.1) is 9.42 Å². The Balaban J connectivity index is 2.80. The van der Waals surface area contributed by atoms with Gasteiger partial charge in [0.25, 0.3) is 0 Å². The molecule has 0 spiro atoms. The lowest BCUT2D eigenvalue weighted by Gasteiger charge is -2.36. The summed E-state index contributed by atoms with van der Waals surface area (Å²) in [5.41, 5.74) is -0.360. The van der Waals surface area contributed by atoms with E-state index in [2.05, 4.69) is 15.9 Å². The van der Waals surface area contributed by atoms with Crippen molar-refractivity contribution in [2.45, 2.75) is 44.5 Å². The zero-order valence-electron chi connectivity index (χ0n) is 11.7. The van der Waals surface area contributed by atoms with Crippen molar-refractivity contribution in [3.05, 3.63) is 0 Å². The fourth-order valence-electron chi connectivity index (χ4n) is 2.47. The number of hydrogen-bond donors (Lipinski definition) is 1. The molecule has 1 heterocycles. The van der Waals surface area contributed by atoms with Crippen molar-refractivity contribution in [2.75, 3.05) is 13.2 Å². The van der Waals surface area contributed by atoms with Crippen molar-refractivity contribution >= 4 is 30.0 Å². The first-order valence-corrected chi connectivity index (χ1v) is 8.08. The number of ether oxygens (including phenoxy) is 1. The van der Waals surface area contributed by atoms with Crippen molar-refractivity contribution in [1.82, 2.24) is 0 Å². The van der Waals surface area contributed by atoms with E-state index in [4.69, 9.17) is 14.2 Å². The van der Waals surface area contributed by atoms with Crippen LogP contribution in [0.4, 0.5) is 0 Å². The second kappa shape index (κ2) is 6.27. The van der Waals surface area contributed by atoms with E-state index in [1.54, 1.807) is 0 Å². The van der Waals surface area contributed by atoms with Crippen LogP contribution in [0.5, 0.6) is 0 Å². The van der Waals surface area contributed by atoms with Crippen molar-refractivity contribution in [3.63, 3.8) is 0 Å². The largest absolute Gasteiger partial charge is 0.694 e. The average Bonchev–Trinajstić information content (AvgIpc) is 2.94. The van der Waals surface area contributed by atoms with Crippen molar-refractivity contribution in [3.8, 4) is 0 Å². The Bertz CT molecular complexity index is 360. The van der Waals surface area contributed by atoms with Crippen LogP contribution in [0.3, 0.4) is 0 Å². The number of halogens is 1. The quantitative estimate of drug-likeness (QED) is 0.411. The van der Waals surface area contributed by atoms with Crippen molar-refractivity contribution in [2.24, 2.45) is 11.3 Å². The van der Waals surface area contributed by atoms with Gasteiger partial charge >= 0.3 is 8.25 Å². The Labute approximate surface area is 123 Å². The van der Waals surface area contributed by atoms with E-state index in [0.717, 1.165) is 6.42 Å². The summed E-state index contributed by atoms with van der Waals surface area (Å²) >= 11 is 3.57. The van der Waals surface area contributed by atoms with E-state index in [-0.39, 0.29) is 28.2 Å². The van der Waals surface area contributed by atoms with Crippen molar-refractivity contribution < 1.29 is 23.5 Å². The molecule has 0 aromatic carbocycles. The van der Waals surface area contributed by atoms with E-state index in [1.165, 1.54) is 0 Å².